The van der Waals surface area contributed by atoms with Gasteiger partial charge in [0, 0.05) is 32.1 Å². The predicted molar refractivity (Wildman–Crippen MR) is 82.8 cm³/mol. The highest BCUT2D eigenvalue weighted by Crippen LogP contribution is 2.35. The van der Waals surface area contributed by atoms with Crippen LogP contribution in [-0.2, 0) is 11.3 Å². The molecule has 0 radical (unpaired) electrons. The van der Waals surface area contributed by atoms with Gasteiger partial charge in [0.1, 0.15) is 17.7 Å². The maximum Gasteiger partial charge on any atom is 0.127 e. The van der Waals surface area contributed by atoms with Crippen molar-refractivity contribution in [3.05, 3.63) is 29.6 Å². The Bertz CT molecular complexity index is 545. The summed E-state index contributed by atoms with van der Waals surface area (Å²) in [5.74, 6) is 0.238. The first kappa shape index (κ1) is 16.6. The Morgan fingerprint density at radius 1 is 1.26 bits per heavy atom. The van der Waals surface area contributed by atoms with E-state index in [2.05, 4.69) is 4.90 Å². The SMILES string of the molecule is COc1cc(F)cc(CN2CCC3(CC2)C[C@@H](O)[C@@H](O)CO3)c1. The molecule has 1 spiro atoms. The fourth-order valence-electron chi connectivity index (χ4n) is 3.50. The van der Waals surface area contributed by atoms with Crippen LogP contribution >= 0.6 is 0 Å². The van der Waals surface area contributed by atoms with Crippen LogP contribution < -0.4 is 4.74 Å². The van der Waals surface area contributed by atoms with Gasteiger partial charge < -0.3 is 19.7 Å². The molecule has 0 saturated carbocycles. The number of benzene rings is 1. The summed E-state index contributed by atoms with van der Waals surface area (Å²) in [6.07, 6.45) is 0.614. The minimum atomic E-state index is -0.779. The fraction of sp³-hybridized carbons (Fsp3) is 0.647. The molecule has 2 fully saturated rings. The Labute approximate surface area is 135 Å². The average Bonchev–Trinajstić information content (AvgIpc) is 2.53. The molecule has 0 aliphatic carbocycles. The second-order valence-electron chi connectivity index (χ2n) is 6.61. The van der Waals surface area contributed by atoms with Gasteiger partial charge >= 0.3 is 0 Å². The van der Waals surface area contributed by atoms with Gasteiger partial charge in [-0.15, -0.1) is 0 Å². The molecule has 0 unspecified atom stereocenters. The van der Waals surface area contributed by atoms with Crippen LogP contribution in [0, 0.1) is 5.82 Å². The van der Waals surface area contributed by atoms with Gasteiger partial charge in [0.2, 0.25) is 0 Å². The normalized spacial score (nSPS) is 28.0. The number of likely N-dealkylation sites (tertiary alicyclic amines) is 1. The Balaban J connectivity index is 1.58. The first-order valence-electron chi connectivity index (χ1n) is 8.06. The van der Waals surface area contributed by atoms with Crippen molar-refractivity contribution in [2.75, 3.05) is 26.8 Å². The second-order valence-corrected chi connectivity index (χ2v) is 6.61. The minimum absolute atomic E-state index is 0.197. The molecule has 3 rings (SSSR count). The summed E-state index contributed by atoms with van der Waals surface area (Å²) in [4.78, 5) is 2.25. The molecule has 0 bridgehead atoms. The number of ether oxygens (including phenoxy) is 2. The lowest BCUT2D eigenvalue weighted by molar-refractivity contribution is -0.188. The van der Waals surface area contributed by atoms with Crippen LogP contribution in [0.15, 0.2) is 18.2 Å². The van der Waals surface area contributed by atoms with Crippen molar-refractivity contribution in [2.24, 2.45) is 0 Å². The lowest BCUT2D eigenvalue weighted by atomic mass is 9.82. The molecule has 5 nitrogen and oxygen atoms in total. The molecule has 6 heteroatoms. The van der Waals surface area contributed by atoms with E-state index >= 15 is 0 Å². The van der Waals surface area contributed by atoms with E-state index in [-0.39, 0.29) is 18.0 Å². The number of hydrogen-bond acceptors (Lipinski definition) is 5. The summed E-state index contributed by atoms with van der Waals surface area (Å²) in [6.45, 7) is 2.50. The third-order valence-corrected chi connectivity index (χ3v) is 4.93. The van der Waals surface area contributed by atoms with Crippen molar-refractivity contribution in [3.8, 4) is 5.75 Å². The molecule has 2 N–H and O–H groups in total. The Hall–Kier alpha value is -1.21. The highest BCUT2D eigenvalue weighted by Gasteiger charge is 2.42. The number of nitrogens with zero attached hydrogens (tertiary/aromatic N) is 1. The number of piperidine rings is 1. The highest BCUT2D eigenvalue weighted by molar-refractivity contribution is 5.29. The molecule has 2 saturated heterocycles. The van der Waals surface area contributed by atoms with Crippen LogP contribution in [0.5, 0.6) is 5.75 Å². The first-order valence-corrected chi connectivity index (χ1v) is 8.06. The number of methoxy groups -OCH3 is 1. The van der Waals surface area contributed by atoms with Crippen LogP contribution in [-0.4, -0.2) is 59.7 Å². The van der Waals surface area contributed by atoms with E-state index in [1.54, 1.807) is 0 Å². The summed E-state index contributed by atoms with van der Waals surface area (Å²) in [7, 11) is 1.53. The molecule has 2 heterocycles. The molecule has 2 atom stereocenters. The number of rotatable bonds is 3. The first-order chi connectivity index (χ1) is 11.0. The minimum Gasteiger partial charge on any atom is -0.497 e. The smallest absolute Gasteiger partial charge is 0.127 e. The molecule has 128 valence electrons. The number of aliphatic hydroxyl groups excluding tert-OH is 2. The average molecular weight is 325 g/mol. The quantitative estimate of drug-likeness (QED) is 0.877. The van der Waals surface area contributed by atoms with Gasteiger partial charge in [0.05, 0.1) is 25.4 Å². The number of aliphatic hydroxyl groups is 2. The molecular formula is C17H24FNO4. The lowest BCUT2D eigenvalue weighted by Gasteiger charge is -2.46. The molecule has 2 aliphatic heterocycles. The van der Waals surface area contributed by atoms with Crippen molar-refractivity contribution < 1.29 is 24.1 Å². The van der Waals surface area contributed by atoms with Crippen LogP contribution in [0.4, 0.5) is 4.39 Å². The van der Waals surface area contributed by atoms with E-state index < -0.39 is 12.2 Å². The molecular weight excluding hydrogens is 301 g/mol. The summed E-state index contributed by atoms with van der Waals surface area (Å²) >= 11 is 0. The number of hydrogen-bond donors (Lipinski definition) is 2. The zero-order chi connectivity index (χ0) is 16.4. The third kappa shape index (κ3) is 3.83. The van der Waals surface area contributed by atoms with Gasteiger partial charge in [0.15, 0.2) is 0 Å². The second kappa shape index (κ2) is 6.73. The molecule has 0 aromatic heterocycles. The van der Waals surface area contributed by atoms with Gasteiger partial charge in [-0.1, -0.05) is 0 Å². The van der Waals surface area contributed by atoms with Crippen molar-refractivity contribution in [1.29, 1.82) is 0 Å². The van der Waals surface area contributed by atoms with Gasteiger partial charge in [-0.2, -0.15) is 0 Å². The van der Waals surface area contributed by atoms with E-state index in [0.29, 0.717) is 18.7 Å². The standard InChI is InChI=1S/C17H24FNO4/c1-22-14-7-12(6-13(18)8-14)10-19-4-2-17(3-5-19)9-15(20)16(21)11-23-17/h6-8,15-16,20-21H,2-5,9-11H2,1H3/t15-,16+/m1/s1. The molecule has 1 aromatic carbocycles. The van der Waals surface area contributed by atoms with E-state index in [4.69, 9.17) is 9.47 Å². The predicted octanol–water partition coefficient (Wildman–Crippen LogP) is 1.31. The van der Waals surface area contributed by atoms with Gasteiger partial charge in [-0.25, -0.2) is 4.39 Å². The fourth-order valence-corrected chi connectivity index (χ4v) is 3.50. The maximum atomic E-state index is 13.6. The van der Waals surface area contributed by atoms with Crippen molar-refractivity contribution >= 4 is 0 Å². The van der Waals surface area contributed by atoms with Crippen LogP contribution in [0.1, 0.15) is 24.8 Å². The van der Waals surface area contributed by atoms with E-state index in [0.717, 1.165) is 31.5 Å². The largest absolute Gasteiger partial charge is 0.497 e. The van der Waals surface area contributed by atoms with Crippen LogP contribution in [0.25, 0.3) is 0 Å². The van der Waals surface area contributed by atoms with Crippen LogP contribution in [0.2, 0.25) is 0 Å². The number of halogens is 1. The monoisotopic (exact) mass is 325 g/mol. The molecule has 23 heavy (non-hydrogen) atoms. The zero-order valence-electron chi connectivity index (χ0n) is 13.4. The molecule has 0 amide bonds. The molecule has 1 aromatic rings. The summed E-state index contributed by atoms with van der Waals surface area (Å²) in [5.41, 5.74) is 0.562. The Morgan fingerprint density at radius 3 is 2.65 bits per heavy atom. The Kier molecular flexibility index (Phi) is 4.87. The lowest BCUT2D eigenvalue weighted by Crippen LogP contribution is -2.54. The topological polar surface area (TPSA) is 62.2 Å². The Morgan fingerprint density at radius 2 is 2.00 bits per heavy atom. The van der Waals surface area contributed by atoms with Crippen molar-refractivity contribution in [3.63, 3.8) is 0 Å². The zero-order valence-corrected chi connectivity index (χ0v) is 13.4. The van der Waals surface area contributed by atoms with Crippen molar-refractivity contribution in [2.45, 2.75) is 43.6 Å². The maximum absolute atomic E-state index is 13.6. The van der Waals surface area contributed by atoms with Crippen molar-refractivity contribution in [1.82, 2.24) is 4.90 Å². The van der Waals surface area contributed by atoms with Crippen LogP contribution in [0.3, 0.4) is 0 Å². The third-order valence-electron chi connectivity index (χ3n) is 4.93. The van der Waals surface area contributed by atoms with E-state index in [9.17, 15) is 14.6 Å². The molecule has 2 aliphatic rings. The summed E-state index contributed by atoms with van der Waals surface area (Å²) in [6, 6.07) is 4.76. The van der Waals surface area contributed by atoms with Gasteiger partial charge in [-0.05, 0) is 30.5 Å². The van der Waals surface area contributed by atoms with E-state index in [1.165, 1.54) is 19.2 Å². The highest BCUT2D eigenvalue weighted by atomic mass is 19.1. The summed E-state index contributed by atoms with van der Waals surface area (Å²) < 4.78 is 24.5. The van der Waals surface area contributed by atoms with Gasteiger partial charge in [0.25, 0.3) is 0 Å². The van der Waals surface area contributed by atoms with E-state index in [1.807, 2.05) is 6.07 Å². The van der Waals surface area contributed by atoms with Gasteiger partial charge in [-0.3, -0.25) is 4.90 Å². The summed E-state index contributed by atoms with van der Waals surface area (Å²) in [5, 5.41) is 19.5.